The maximum atomic E-state index is 11.9. The number of carbonyl (C=O) groups excluding carboxylic acids is 1. The van der Waals surface area contributed by atoms with Crippen LogP contribution in [0.4, 0.5) is 0 Å². The molecule has 36 heavy (non-hydrogen) atoms. The molecule has 3 aliphatic carbocycles. The summed E-state index contributed by atoms with van der Waals surface area (Å²) >= 11 is 0. The molecular formula is C32H48O4. The van der Waals surface area contributed by atoms with Crippen molar-refractivity contribution in [2.75, 3.05) is 13.2 Å². The number of benzene rings is 1. The molecule has 1 heterocycles. The van der Waals surface area contributed by atoms with Crippen LogP contribution in [0, 0.1) is 5.41 Å². The van der Waals surface area contributed by atoms with Crippen molar-refractivity contribution < 1.29 is 19.0 Å². The number of ether oxygens (including phenoxy) is 3. The summed E-state index contributed by atoms with van der Waals surface area (Å²) in [5.41, 5.74) is 3.69. The maximum absolute atomic E-state index is 11.9. The summed E-state index contributed by atoms with van der Waals surface area (Å²) < 4.78 is 17.2. The van der Waals surface area contributed by atoms with E-state index in [-0.39, 0.29) is 18.7 Å². The largest absolute Gasteiger partial charge is 0.430 e. The van der Waals surface area contributed by atoms with E-state index in [1.807, 2.05) is 6.08 Å². The molecule has 0 aromatic heterocycles. The Morgan fingerprint density at radius 3 is 2.22 bits per heavy atom. The van der Waals surface area contributed by atoms with Crippen molar-refractivity contribution >= 4 is 5.97 Å². The molecule has 1 saturated heterocycles. The van der Waals surface area contributed by atoms with Crippen molar-refractivity contribution in [3.05, 3.63) is 47.5 Å². The van der Waals surface area contributed by atoms with Gasteiger partial charge < -0.3 is 14.2 Å². The molecule has 0 N–H and O–H groups in total. The molecule has 5 rings (SSSR count). The number of hydrogen-bond acceptors (Lipinski definition) is 4. The monoisotopic (exact) mass is 496 g/mol. The zero-order valence-corrected chi connectivity index (χ0v) is 22.8. The van der Waals surface area contributed by atoms with E-state index in [2.05, 4.69) is 38.1 Å². The van der Waals surface area contributed by atoms with Crippen LogP contribution in [-0.2, 0) is 24.4 Å². The van der Waals surface area contributed by atoms with E-state index in [4.69, 9.17) is 14.2 Å². The highest BCUT2D eigenvalue weighted by Crippen LogP contribution is 2.59. The van der Waals surface area contributed by atoms with E-state index >= 15 is 0 Å². The molecule has 4 aliphatic rings. The Balaban J connectivity index is 1.22. The fourth-order valence-corrected chi connectivity index (χ4v) is 6.64. The van der Waals surface area contributed by atoms with Gasteiger partial charge in [-0.25, -0.2) is 4.79 Å². The predicted molar refractivity (Wildman–Crippen MR) is 145 cm³/mol. The first-order chi connectivity index (χ1) is 17.6. The topological polar surface area (TPSA) is 44.8 Å². The summed E-state index contributed by atoms with van der Waals surface area (Å²) in [5.74, 6) is -0.359. The van der Waals surface area contributed by atoms with Gasteiger partial charge in [0.05, 0.1) is 6.61 Å². The first-order valence-corrected chi connectivity index (χ1v) is 14.8. The highest BCUT2D eigenvalue weighted by molar-refractivity contribution is 5.81. The van der Waals surface area contributed by atoms with Gasteiger partial charge in [-0.1, -0.05) is 89.1 Å². The summed E-state index contributed by atoms with van der Waals surface area (Å²) in [6, 6.07) is 9.14. The third kappa shape index (κ3) is 7.01. The van der Waals surface area contributed by atoms with Crippen molar-refractivity contribution in [1.29, 1.82) is 0 Å². The summed E-state index contributed by atoms with van der Waals surface area (Å²) in [6.07, 6.45) is 22.5. The van der Waals surface area contributed by atoms with E-state index in [0.29, 0.717) is 17.4 Å². The molecule has 1 aromatic rings. The molecule has 2 bridgehead atoms. The summed E-state index contributed by atoms with van der Waals surface area (Å²) in [7, 11) is 0. The minimum atomic E-state index is -0.626. The van der Waals surface area contributed by atoms with Crippen LogP contribution in [-0.4, -0.2) is 25.5 Å². The summed E-state index contributed by atoms with van der Waals surface area (Å²) in [6.45, 7) is 5.11. The van der Waals surface area contributed by atoms with E-state index in [9.17, 15) is 4.79 Å². The predicted octanol–water partition coefficient (Wildman–Crippen LogP) is 8.34. The van der Waals surface area contributed by atoms with Gasteiger partial charge in [0, 0.05) is 6.08 Å². The van der Waals surface area contributed by atoms with Crippen molar-refractivity contribution in [1.82, 2.24) is 0 Å². The van der Waals surface area contributed by atoms with Crippen molar-refractivity contribution in [2.24, 2.45) is 5.41 Å². The molecule has 1 aromatic carbocycles. The Morgan fingerprint density at radius 1 is 0.889 bits per heavy atom. The lowest BCUT2D eigenvalue weighted by atomic mass is 9.51. The second-order valence-electron chi connectivity index (χ2n) is 11.6. The van der Waals surface area contributed by atoms with E-state index in [0.717, 1.165) is 24.8 Å². The van der Waals surface area contributed by atoms with Gasteiger partial charge in [-0.2, -0.15) is 0 Å². The molecule has 1 aliphatic heterocycles. The summed E-state index contributed by atoms with van der Waals surface area (Å²) in [5, 5.41) is 0. The molecule has 4 nitrogen and oxygen atoms in total. The van der Waals surface area contributed by atoms with Gasteiger partial charge in [-0.15, -0.1) is 0 Å². The standard InChI is InChI=1S/C32H48O4/c1-3-5-7-9-11-17-31-18-21-32(22-19-31,23-20-31)27-15-13-26(14-16-27)28-24-35-30(25-34-28)36-29(33)12-10-8-6-4-2/h10,12-16,28,30H,3-9,11,17-25H2,1-2H3/b12-10+/t28-,30-,31?,32?/m1/s1. The zero-order chi connectivity index (χ0) is 25.3. The van der Waals surface area contributed by atoms with E-state index in [1.165, 1.54) is 88.7 Å². The number of unbranched alkanes of at least 4 members (excludes halogenated alkanes) is 6. The number of rotatable bonds is 13. The lowest BCUT2D eigenvalue weighted by Gasteiger charge is -2.54. The lowest BCUT2D eigenvalue weighted by Crippen LogP contribution is -2.44. The molecule has 2 atom stereocenters. The fourth-order valence-electron chi connectivity index (χ4n) is 6.64. The molecule has 200 valence electrons. The Kier molecular flexibility index (Phi) is 10.1. The molecule has 3 saturated carbocycles. The normalized spacial score (nSPS) is 30.1. The first kappa shape index (κ1) is 27.4. The van der Waals surface area contributed by atoms with Crippen LogP contribution in [0.1, 0.15) is 127 Å². The number of fused-ring (bicyclic) bond motifs is 3. The minimum Gasteiger partial charge on any atom is -0.430 e. The fraction of sp³-hybridized carbons (Fsp3) is 0.719. The molecule has 4 fully saturated rings. The zero-order valence-electron chi connectivity index (χ0n) is 22.8. The van der Waals surface area contributed by atoms with Crippen LogP contribution in [0.3, 0.4) is 0 Å². The average Bonchev–Trinajstić information content (AvgIpc) is 2.93. The van der Waals surface area contributed by atoms with Crippen LogP contribution in [0.5, 0.6) is 0 Å². The highest BCUT2D eigenvalue weighted by atomic mass is 16.7. The second-order valence-corrected chi connectivity index (χ2v) is 11.6. The maximum Gasteiger partial charge on any atom is 0.332 e. The van der Waals surface area contributed by atoms with Gasteiger partial charge in [-0.05, 0) is 73.3 Å². The van der Waals surface area contributed by atoms with E-state index in [1.54, 1.807) is 0 Å². The van der Waals surface area contributed by atoms with Crippen molar-refractivity contribution in [3.8, 4) is 0 Å². The molecule has 0 unspecified atom stereocenters. The average molecular weight is 497 g/mol. The van der Waals surface area contributed by atoms with Gasteiger partial charge in [0.2, 0.25) is 6.29 Å². The SMILES string of the molecule is CCCC/C=C/C(=O)O[C@@H]1CO[C@@H](c2ccc(C34CCC(CCCCCCC)(CC3)CC4)cc2)CO1. The molecule has 0 radical (unpaired) electrons. The van der Waals surface area contributed by atoms with Crippen LogP contribution in [0.15, 0.2) is 36.4 Å². The van der Waals surface area contributed by atoms with Gasteiger partial charge in [0.15, 0.2) is 0 Å². The lowest BCUT2D eigenvalue weighted by molar-refractivity contribution is -0.230. The number of allylic oxidation sites excluding steroid dienone is 1. The number of carbonyl (C=O) groups is 1. The van der Waals surface area contributed by atoms with Crippen LogP contribution in [0.2, 0.25) is 0 Å². The summed E-state index contributed by atoms with van der Waals surface area (Å²) in [4.78, 5) is 11.9. The highest BCUT2D eigenvalue weighted by Gasteiger charge is 2.48. The van der Waals surface area contributed by atoms with Crippen molar-refractivity contribution in [2.45, 2.75) is 128 Å². The Morgan fingerprint density at radius 2 is 1.58 bits per heavy atom. The van der Waals surface area contributed by atoms with Crippen LogP contribution in [0.25, 0.3) is 0 Å². The van der Waals surface area contributed by atoms with Crippen LogP contribution < -0.4 is 0 Å². The third-order valence-electron chi connectivity index (χ3n) is 9.20. The number of hydrogen-bond donors (Lipinski definition) is 0. The Bertz CT molecular complexity index is 810. The minimum absolute atomic E-state index is 0.107. The molecule has 0 spiro atoms. The van der Waals surface area contributed by atoms with E-state index < -0.39 is 6.29 Å². The Labute approximate surface area is 219 Å². The molecular weight excluding hydrogens is 448 g/mol. The molecule has 4 heteroatoms. The van der Waals surface area contributed by atoms with Gasteiger partial charge >= 0.3 is 5.97 Å². The van der Waals surface area contributed by atoms with Gasteiger partial charge in [-0.3, -0.25) is 0 Å². The first-order valence-electron chi connectivity index (χ1n) is 14.8. The van der Waals surface area contributed by atoms with Crippen LogP contribution >= 0.6 is 0 Å². The number of esters is 1. The van der Waals surface area contributed by atoms with Crippen molar-refractivity contribution in [3.63, 3.8) is 0 Å². The Hall–Kier alpha value is -1.65. The van der Waals surface area contributed by atoms with Gasteiger partial charge in [0.25, 0.3) is 0 Å². The molecule has 0 amide bonds. The second kappa shape index (κ2) is 13.2. The smallest absolute Gasteiger partial charge is 0.332 e. The quantitative estimate of drug-likeness (QED) is 0.156. The third-order valence-corrected chi connectivity index (χ3v) is 9.20. The van der Waals surface area contributed by atoms with Gasteiger partial charge in [0.1, 0.15) is 12.7 Å².